The average Bonchev–Trinajstić information content (AvgIpc) is 2.69. The second kappa shape index (κ2) is 4.52. The van der Waals surface area contributed by atoms with Crippen LogP contribution in [0.3, 0.4) is 0 Å². The Hall–Kier alpha value is -2.02. The summed E-state index contributed by atoms with van der Waals surface area (Å²) >= 11 is 3.03. The van der Waals surface area contributed by atoms with Gasteiger partial charge in [0.05, 0.1) is 10.2 Å². The molecule has 0 bridgehead atoms. The number of benzene rings is 1. The van der Waals surface area contributed by atoms with Crippen molar-refractivity contribution in [3.63, 3.8) is 0 Å². The Morgan fingerprint density at radius 1 is 1.20 bits per heavy atom. The van der Waals surface area contributed by atoms with E-state index in [9.17, 15) is 8.78 Å². The molecule has 0 fully saturated rings. The van der Waals surface area contributed by atoms with Crippen molar-refractivity contribution in [3.05, 3.63) is 46.1 Å². The van der Waals surface area contributed by atoms with Crippen molar-refractivity contribution in [2.45, 2.75) is 6.92 Å². The Balaban J connectivity index is 2.35. The first kappa shape index (κ1) is 13.0. The highest BCUT2D eigenvalue weighted by molar-refractivity contribution is 9.10. The van der Waals surface area contributed by atoms with Crippen LogP contribution in [0.25, 0.3) is 16.9 Å². The molecule has 3 aromatic rings. The molecule has 0 saturated heterocycles. The van der Waals surface area contributed by atoms with Crippen LogP contribution in [0.15, 0.2) is 28.9 Å². The van der Waals surface area contributed by atoms with E-state index in [0.717, 1.165) is 11.6 Å². The Kier molecular flexibility index (Phi) is 2.93. The quantitative estimate of drug-likeness (QED) is 0.692. The Bertz CT molecular complexity index is 829. The van der Waals surface area contributed by atoms with Crippen LogP contribution in [-0.4, -0.2) is 14.5 Å². The van der Waals surface area contributed by atoms with Crippen LogP contribution in [-0.2, 0) is 0 Å². The normalized spacial score (nSPS) is 11.2. The molecular formula is C13H9BrF2N4. The molecule has 3 rings (SSSR count). The van der Waals surface area contributed by atoms with Crippen LogP contribution in [0.4, 0.5) is 14.7 Å². The molecule has 4 nitrogen and oxygen atoms in total. The van der Waals surface area contributed by atoms with Gasteiger partial charge in [0, 0.05) is 12.3 Å². The summed E-state index contributed by atoms with van der Waals surface area (Å²) in [6.07, 6.45) is 1.64. The summed E-state index contributed by atoms with van der Waals surface area (Å²) in [5.41, 5.74) is 7.82. The molecule has 0 amide bonds. The molecule has 2 heterocycles. The molecule has 0 aliphatic carbocycles. The molecule has 0 aliphatic rings. The van der Waals surface area contributed by atoms with Crippen LogP contribution in [0.1, 0.15) is 5.56 Å². The van der Waals surface area contributed by atoms with Gasteiger partial charge in [-0.1, -0.05) is 0 Å². The van der Waals surface area contributed by atoms with E-state index in [4.69, 9.17) is 5.73 Å². The summed E-state index contributed by atoms with van der Waals surface area (Å²) in [4.78, 5) is 8.36. The zero-order valence-electron chi connectivity index (χ0n) is 10.4. The number of hydrogen-bond acceptors (Lipinski definition) is 3. The monoisotopic (exact) mass is 338 g/mol. The fourth-order valence-electron chi connectivity index (χ4n) is 2.00. The van der Waals surface area contributed by atoms with E-state index in [-0.39, 0.29) is 16.1 Å². The molecular weight excluding hydrogens is 330 g/mol. The highest BCUT2D eigenvalue weighted by atomic mass is 79.9. The van der Waals surface area contributed by atoms with Gasteiger partial charge < -0.3 is 5.73 Å². The lowest BCUT2D eigenvalue weighted by atomic mass is 10.3. The Labute approximate surface area is 121 Å². The Morgan fingerprint density at radius 3 is 2.70 bits per heavy atom. The third-order valence-electron chi connectivity index (χ3n) is 2.89. The first-order chi connectivity index (χ1) is 9.47. The number of imidazole rings is 1. The van der Waals surface area contributed by atoms with Gasteiger partial charge in [-0.3, -0.25) is 4.57 Å². The van der Waals surface area contributed by atoms with E-state index in [1.165, 1.54) is 10.6 Å². The van der Waals surface area contributed by atoms with E-state index in [1.54, 1.807) is 12.3 Å². The SMILES string of the molecule is Cc1cnc2c(c1)nc(N)n2-c1cc(Br)c(F)cc1F. The molecule has 0 radical (unpaired) electrons. The molecule has 2 N–H and O–H groups in total. The first-order valence-corrected chi connectivity index (χ1v) is 6.52. The van der Waals surface area contributed by atoms with Gasteiger partial charge in [-0.15, -0.1) is 0 Å². The fraction of sp³-hybridized carbons (Fsp3) is 0.0769. The molecule has 20 heavy (non-hydrogen) atoms. The van der Waals surface area contributed by atoms with Gasteiger partial charge in [-0.2, -0.15) is 0 Å². The highest BCUT2D eigenvalue weighted by Crippen LogP contribution is 2.27. The number of nitrogens with zero attached hydrogens (tertiary/aromatic N) is 3. The maximum absolute atomic E-state index is 14.0. The minimum absolute atomic E-state index is 0.0922. The molecule has 0 spiro atoms. The molecule has 2 aromatic heterocycles. The number of nitrogen functional groups attached to an aromatic ring is 1. The number of aryl methyl sites for hydroxylation is 1. The molecule has 0 aliphatic heterocycles. The van der Waals surface area contributed by atoms with Crippen molar-refractivity contribution in [2.75, 3.05) is 5.73 Å². The summed E-state index contributed by atoms with van der Waals surface area (Å²) in [5.74, 6) is -1.33. The van der Waals surface area contributed by atoms with Gasteiger partial charge in [-0.05, 0) is 40.5 Å². The highest BCUT2D eigenvalue weighted by Gasteiger charge is 2.16. The van der Waals surface area contributed by atoms with Crippen LogP contribution < -0.4 is 5.73 Å². The number of hydrogen-bond donors (Lipinski definition) is 1. The lowest BCUT2D eigenvalue weighted by molar-refractivity contribution is 0.574. The Morgan fingerprint density at radius 2 is 1.95 bits per heavy atom. The molecule has 0 unspecified atom stereocenters. The van der Waals surface area contributed by atoms with Gasteiger partial charge >= 0.3 is 0 Å². The van der Waals surface area contributed by atoms with Crippen LogP contribution >= 0.6 is 15.9 Å². The number of anilines is 1. The summed E-state index contributed by atoms with van der Waals surface area (Å²) in [5, 5.41) is 0. The van der Waals surface area contributed by atoms with Crippen molar-refractivity contribution in [3.8, 4) is 5.69 Å². The lowest BCUT2D eigenvalue weighted by Gasteiger charge is -2.08. The molecule has 0 atom stereocenters. The third kappa shape index (κ3) is 1.94. The van der Waals surface area contributed by atoms with E-state index in [0.29, 0.717) is 11.2 Å². The third-order valence-corrected chi connectivity index (χ3v) is 3.50. The van der Waals surface area contributed by atoms with Crippen molar-refractivity contribution in [2.24, 2.45) is 0 Å². The van der Waals surface area contributed by atoms with E-state index in [1.807, 2.05) is 6.92 Å². The minimum atomic E-state index is -0.737. The van der Waals surface area contributed by atoms with Gasteiger partial charge in [0.2, 0.25) is 5.95 Å². The van der Waals surface area contributed by atoms with Gasteiger partial charge in [0.1, 0.15) is 17.2 Å². The van der Waals surface area contributed by atoms with Gasteiger partial charge in [-0.25, -0.2) is 18.7 Å². The van der Waals surface area contributed by atoms with Crippen molar-refractivity contribution in [1.82, 2.24) is 14.5 Å². The van der Waals surface area contributed by atoms with Crippen LogP contribution in [0.5, 0.6) is 0 Å². The second-order valence-corrected chi connectivity index (χ2v) is 5.23. The maximum atomic E-state index is 14.0. The van der Waals surface area contributed by atoms with Gasteiger partial charge in [0.15, 0.2) is 5.65 Å². The maximum Gasteiger partial charge on any atom is 0.207 e. The number of pyridine rings is 1. The predicted octanol–water partition coefficient (Wildman–Crippen LogP) is 3.35. The van der Waals surface area contributed by atoms with E-state index < -0.39 is 11.6 Å². The standard InChI is InChI=1S/C13H9BrF2N4/c1-6-2-10-12(18-5-6)20(13(17)19-10)11-3-7(14)8(15)4-9(11)16/h2-5H,1H3,(H2,17,19). The topological polar surface area (TPSA) is 56.7 Å². The number of nitrogens with two attached hydrogens (primary N) is 1. The van der Waals surface area contributed by atoms with Crippen molar-refractivity contribution >= 4 is 33.0 Å². The van der Waals surface area contributed by atoms with E-state index >= 15 is 0 Å². The largest absolute Gasteiger partial charge is 0.369 e. The number of aromatic nitrogens is 3. The minimum Gasteiger partial charge on any atom is -0.369 e. The molecule has 1 aromatic carbocycles. The first-order valence-electron chi connectivity index (χ1n) is 5.73. The van der Waals surface area contributed by atoms with E-state index in [2.05, 4.69) is 25.9 Å². The fourth-order valence-corrected chi connectivity index (χ4v) is 2.34. The second-order valence-electron chi connectivity index (χ2n) is 4.38. The number of halogens is 3. The lowest BCUT2D eigenvalue weighted by Crippen LogP contribution is -2.04. The average molecular weight is 339 g/mol. The van der Waals surface area contributed by atoms with Crippen molar-refractivity contribution < 1.29 is 8.78 Å². The molecule has 7 heteroatoms. The predicted molar refractivity (Wildman–Crippen MR) is 75.6 cm³/mol. The summed E-state index contributed by atoms with van der Waals surface area (Å²) < 4.78 is 28.8. The summed E-state index contributed by atoms with van der Waals surface area (Å²) in [7, 11) is 0. The zero-order valence-corrected chi connectivity index (χ0v) is 11.9. The molecule has 102 valence electrons. The smallest absolute Gasteiger partial charge is 0.207 e. The zero-order chi connectivity index (χ0) is 14.4. The molecule has 0 saturated carbocycles. The summed E-state index contributed by atoms with van der Waals surface area (Å²) in [6, 6.07) is 3.90. The van der Waals surface area contributed by atoms with Crippen LogP contribution in [0.2, 0.25) is 0 Å². The number of rotatable bonds is 1. The van der Waals surface area contributed by atoms with Gasteiger partial charge in [0.25, 0.3) is 0 Å². The van der Waals surface area contributed by atoms with Crippen molar-refractivity contribution in [1.29, 1.82) is 0 Å². The number of fused-ring (bicyclic) bond motifs is 1. The summed E-state index contributed by atoms with van der Waals surface area (Å²) in [6.45, 7) is 1.87. The van der Waals surface area contributed by atoms with Crippen LogP contribution in [0, 0.1) is 18.6 Å².